The Morgan fingerprint density at radius 1 is 0.745 bits per heavy atom. The average Bonchev–Trinajstić information content (AvgIpc) is 4.00. The number of carbonyl (C=O) groups excluding carboxylic acids is 4. The number of H-pyrrole nitrogens is 2. The van der Waals surface area contributed by atoms with Crippen molar-refractivity contribution in [2.45, 2.75) is 90.3 Å². The highest BCUT2D eigenvalue weighted by Crippen LogP contribution is 2.39. The van der Waals surface area contributed by atoms with E-state index in [-0.39, 0.29) is 41.7 Å². The lowest BCUT2D eigenvalue weighted by Crippen LogP contribution is -2.53. The second-order valence-electron chi connectivity index (χ2n) is 15.0. The van der Waals surface area contributed by atoms with Crippen LogP contribution in [0.2, 0.25) is 0 Å². The van der Waals surface area contributed by atoms with Crippen LogP contribution in [-0.2, 0) is 19.1 Å². The van der Waals surface area contributed by atoms with Crippen molar-refractivity contribution in [3.8, 4) is 33.6 Å². The maximum Gasteiger partial charge on any atom is 0.425 e. The van der Waals surface area contributed by atoms with Crippen LogP contribution in [0.15, 0.2) is 60.9 Å². The van der Waals surface area contributed by atoms with Crippen LogP contribution < -0.4 is 10.7 Å². The van der Waals surface area contributed by atoms with Gasteiger partial charge in [0.05, 0.1) is 44.0 Å². The maximum absolute atomic E-state index is 13.7. The van der Waals surface area contributed by atoms with E-state index in [9.17, 15) is 19.2 Å². The van der Waals surface area contributed by atoms with Crippen molar-refractivity contribution in [2.75, 3.05) is 20.8 Å². The van der Waals surface area contributed by atoms with Gasteiger partial charge < -0.3 is 29.7 Å². The molecule has 2 fully saturated rings. The number of aromatic nitrogens is 4. The second kappa shape index (κ2) is 17.2. The zero-order chi connectivity index (χ0) is 39.2. The van der Waals surface area contributed by atoms with Crippen LogP contribution in [0, 0.1) is 11.8 Å². The number of amides is 4. The smallest absolute Gasteiger partial charge is 0.425 e. The van der Waals surface area contributed by atoms with Crippen molar-refractivity contribution < 1.29 is 28.7 Å². The summed E-state index contributed by atoms with van der Waals surface area (Å²) in [5, 5.41) is 4.07. The summed E-state index contributed by atoms with van der Waals surface area (Å²) in [5.74, 6) is 0.718. The molecule has 4 aromatic rings. The first-order valence-corrected chi connectivity index (χ1v) is 19.1. The fraction of sp³-hybridized carbons (Fsp3) is 0.463. The Labute approximate surface area is 321 Å². The molecule has 14 heteroatoms. The summed E-state index contributed by atoms with van der Waals surface area (Å²) < 4.78 is 9.51. The molecule has 6 rings (SSSR count). The molecule has 0 bridgehead atoms. The van der Waals surface area contributed by atoms with Crippen LogP contribution in [0.3, 0.4) is 0 Å². The molecule has 4 atom stereocenters. The number of rotatable bonds is 10. The summed E-state index contributed by atoms with van der Waals surface area (Å²) in [5.41, 5.74) is 8.40. The number of likely N-dealkylation sites (tertiary alicyclic amines) is 1. The Balaban J connectivity index is 1.11. The summed E-state index contributed by atoms with van der Waals surface area (Å²) >= 11 is 0. The molecule has 1 unspecified atom stereocenters. The molecule has 1 saturated heterocycles. The first-order valence-electron chi connectivity index (χ1n) is 19.1. The molecule has 2 aliphatic rings. The first kappa shape index (κ1) is 39.0. The molecule has 14 nitrogen and oxygen atoms in total. The summed E-state index contributed by atoms with van der Waals surface area (Å²) in [6.45, 7) is 8.11. The van der Waals surface area contributed by atoms with Gasteiger partial charge in [-0.1, -0.05) is 75.2 Å². The number of nitrogens with one attached hydrogen (secondary N) is 4. The number of hydrogen-bond acceptors (Lipinski definition) is 8. The number of hydrazine groups is 1. The lowest BCUT2D eigenvalue weighted by molar-refractivity contribution is -0.142. The summed E-state index contributed by atoms with van der Waals surface area (Å²) in [6, 6.07) is 15.4. The molecule has 4 N–H and O–H groups in total. The number of aromatic amines is 2. The van der Waals surface area contributed by atoms with Gasteiger partial charge in [-0.05, 0) is 67.7 Å². The Hall–Kier alpha value is -5.66. The van der Waals surface area contributed by atoms with Crippen LogP contribution in [-0.4, -0.2) is 86.7 Å². The number of imidazole rings is 2. The lowest BCUT2D eigenvalue weighted by atomic mass is 9.78. The molecule has 1 aliphatic heterocycles. The Morgan fingerprint density at radius 2 is 1.29 bits per heavy atom. The first-order chi connectivity index (χ1) is 26.5. The Morgan fingerprint density at radius 3 is 1.85 bits per heavy atom. The van der Waals surface area contributed by atoms with Crippen molar-refractivity contribution in [3.63, 3.8) is 0 Å². The second-order valence-corrected chi connectivity index (χ2v) is 15.0. The molecular weight excluding hydrogens is 701 g/mol. The Kier molecular flexibility index (Phi) is 12.2. The number of ether oxygens (including phenoxy) is 2. The number of hydrogen-bond donors (Lipinski definition) is 4. The molecule has 55 heavy (non-hydrogen) atoms. The number of alkyl carbamates (subject to hydrolysis) is 1. The lowest BCUT2D eigenvalue weighted by Gasteiger charge is -2.35. The van der Waals surface area contributed by atoms with Crippen molar-refractivity contribution in [1.82, 2.24) is 40.6 Å². The minimum absolute atomic E-state index is 0.0911. The van der Waals surface area contributed by atoms with Crippen LogP contribution in [0.25, 0.3) is 33.6 Å². The van der Waals surface area contributed by atoms with Gasteiger partial charge in [0.1, 0.15) is 17.7 Å². The monoisotopic (exact) mass is 752 g/mol. The summed E-state index contributed by atoms with van der Waals surface area (Å²) in [7, 11) is 2.57. The van der Waals surface area contributed by atoms with E-state index in [0.717, 1.165) is 83.8 Å². The van der Waals surface area contributed by atoms with E-state index in [1.54, 1.807) is 6.20 Å². The molecule has 4 amide bonds. The van der Waals surface area contributed by atoms with Gasteiger partial charge in [-0.3, -0.25) is 9.59 Å². The highest BCUT2D eigenvalue weighted by molar-refractivity contribution is 5.86. The van der Waals surface area contributed by atoms with E-state index in [4.69, 9.17) is 14.5 Å². The number of methoxy groups -OCH3 is 2. The van der Waals surface area contributed by atoms with Gasteiger partial charge >= 0.3 is 12.2 Å². The van der Waals surface area contributed by atoms with Gasteiger partial charge in [0.25, 0.3) is 0 Å². The predicted molar refractivity (Wildman–Crippen MR) is 207 cm³/mol. The molecule has 2 aromatic heterocycles. The number of carbonyl (C=O) groups is 4. The third-order valence-corrected chi connectivity index (χ3v) is 10.7. The van der Waals surface area contributed by atoms with Crippen LogP contribution >= 0.6 is 0 Å². The predicted octanol–water partition coefficient (Wildman–Crippen LogP) is 6.96. The van der Waals surface area contributed by atoms with E-state index in [1.165, 1.54) is 19.2 Å². The van der Waals surface area contributed by atoms with Crippen molar-refractivity contribution in [2.24, 2.45) is 11.8 Å². The molecule has 0 spiro atoms. The third kappa shape index (κ3) is 8.68. The number of nitrogens with zero attached hydrogens (tertiary/aromatic N) is 4. The molecule has 2 aromatic carbocycles. The molecule has 1 aliphatic carbocycles. The Bertz CT molecular complexity index is 1950. The number of benzene rings is 2. The van der Waals surface area contributed by atoms with E-state index >= 15 is 0 Å². The van der Waals surface area contributed by atoms with Gasteiger partial charge in [-0.15, -0.1) is 0 Å². The minimum Gasteiger partial charge on any atom is -0.453 e. The highest BCUT2D eigenvalue weighted by atomic mass is 16.5. The molecule has 0 radical (unpaired) electrons. The summed E-state index contributed by atoms with van der Waals surface area (Å²) in [4.78, 5) is 69.3. The molecular formula is C41H52N8O6. The standard InChI is InChI=1S/C41H52N8O6/c1-24(2)35(46-40(52)54-5)39(51)48-21-9-12-34(48)37-43-23-33(45-37)29-19-15-27(16-20-29)26-13-17-28(18-14-26)32-22-42-36(44-32)30-10-7-8-11-31(30)38(50)49(25(3)4)47-41(53)55-6/h13-20,22-25,30-31,34-35H,7-12,21H2,1-6H3,(H,42,44)(H,43,45)(H,46,52)(H,47,53)/t30?,31-,34-,35-/m0/s1. The SMILES string of the molecule is COC(=O)N[C@H](C(=O)N1CCC[C@H]1c1ncc(-c2ccc(-c3ccc(-c4cnc(C5CCCC[C@@H]5C(=O)N(NC(=O)OC)C(C)C)[nH]4)cc3)cc2)[nH]1)C(C)C. The van der Waals surface area contributed by atoms with Gasteiger partial charge in [0, 0.05) is 24.4 Å². The molecule has 1 saturated carbocycles. The zero-order valence-corrected chi connectivity index (χ0v) is 32.4. The van der Waals surface area contributed by atoms with Gasteiger partial charge in [-0.2, -0.15) is 0 Å². The van der Waals surface area contributed by atoms with E-state index in [0.29, 0.717) is 6.54 Å². The zero-order valence-electron chi connectivity index (χ0n) is 32.4. The van der Waals surface area contributed by atoms with Gasteiger partial charge in [0.2, 0.25) is 11.8 Å². The summed E-state index contributed by atoms with van der Waals surface area (Å²) in [6.07, 6.45) is 7.45. The molecule has 292 valence electrons. The van der Waals surface area contributed by atoms with Crippen LogP contribution in [0.1, 0.15) is 89.8 Å². The van der Waals surface area contributed by atoms with E-state index in [2.05, 4.69) is 74.2 Å². The van der Waals surface area contributed by atoms with Gasteiger partial charge in [0.15, 0.2) is 0 Å². The normalized spacial score (nSPS) is 18.9. The fourth-order valence-corrected chi connectivity index (χ4v) is 7.72. The van der Waals surface area contributed by atoms with Crippen LogP contribution in [0.5, 0.6) is 0 Å². The van der Waals surface area contributed by atoms with Crippen molar-refractivity contribution in [3.05, 3.63) is 72.6 Å². The molecule has 3 heterocycles. The van der Waals surface area contributed by atoms with Crippen molar-refractivity contribution >= 4 is 24.0 Å². The van der Waals surface area contributed by atoms with E-state index in [1.807, 2.05) is 38.8 Å². The minimum atomic E-state index is -0.687. The average molecular weight is 753 g/mol. The quantitative estimate of drug-likeness (QED) is 0.126. The van der Waals surface area contributed by atoms with Crippen LogP contribution in [0.4, 0.5) is 9.59 Å². The largest absolute Gasteiger partial charge is 0.453 e. The fourth-order valence-electron chi connectivity index (χ4n) is 7.72. The van der Waals surface area contributed by atoms with Gasteiger partial charge in [-0.25, -0.2) is 30.0 Å². The van der Waals surface area contributed by atoms with Crippen molar-refractivity contribution in [1.29, 1.82) is 0 Å². The topological polar surface area (TPSA) is 175 Å². The van der Waals surface area contributed by atoms with E-state index < -0.39 is 18.2 Å². The highest BCUT2D eigenvalue weighted by Gasteiger charge is 2.39. The third-order valence-electron chi connectivity index (χ3n) is 10.7. The maximum atomic E-state index is 13.7.